The van der Waals surface area contributed by atoms with Crippen molar-refractivity contribution in [3.05, 3.63) is 82.9 Å². The van der Waals surface area contributed by atoms with Crippen LogP contribution in [0, 0.1) is 16.7 Å². The Hall–Kier alpha value is -3.98. The van der Waals surface area contributed by atoms with Crippen LogP contribution in [0.15, 0.2) is 71.8 Å². The first-order chi connectivity index (χ1) is 23.9. The lowest BCUT2D eigenvalue weighted by molar-refractivity contribution is -0.343. The van der Waals surface area contributed by atoms with E-state index in [1.54, 1.807) is 69.3 Å². The van der Waals surface area contributed by atoms with Gasteiger partial charge in [-0.05, 0) is 42.7 Å². The number of aliphatic hydroxyl groups excluding tert-OH is 2. The standard InChI is InChI=1S/C38H45NO12/c1-19-23(50-34(45)28(42)27(39)21-12-8-6-9-13-21)17-38(47)32(51-33(44)22-14-10-7-11-15-22)30-36(5,24(41)16-25-37(30,46)18-48-25)31(43)29(49-20(2)40)26(19)35(38,3)4/h6-15,23-25,27-30,32,41-42,46-47H,16-18,39H2,1-5H3/t23-,24-,25+,27-,28+,29+,30-,32-,36+,37-,38+/m0/s1. The molecule has 1 aliphatic heterocycles. The molecular formula is C38H45NO12. The summed E-state index contributed by atoms with van der Waals surface area (Å²) in [6, 6.07) is 15.2. The van der Waals surface area contributed by atoms with E-state index in [1.165, 1.54) is 19.1 Å². The maximum atomic E-state index is 15.0. The first-order valence-corrected chi connectivity index (χ1v) is 17.0. The summed E-state index contributed by atoms with van der Waals surface area (Å²) < 4.78 is 23.5. The van der Waals surface area contributed by atoms with Crippen LogP contribution in [0.2, 0.25) is 0 Å². The van der Waals surface area contributed by atoms with Crippen LogP contribution in [-0.4, -0.2) is 98.6 Å². The van der Waals surface area contributed by atoms with Crippen molar-refractivity contribution in [2.45, 2.75) is 101 Å². The second kappa shape index (κ2) is 12.9. The number of Topliss-reactive ketones (excluding diaryl/α,β-unsaturated/α-hetero) is 1. The van der Waals surface area contributed by atoms with Gasteiger partial charge in [-0.1, -0.05) is 62.4 Å². The van der Waals surface area contributed by atoms with E-state index < -0.39 is 101 Å². The molecule has 2 aromatic carbocycles. The number of rotatable bonds is 7. The highest BCUT2D eigenvalue weighted by Gasteiger charge is 2.76. The number of esters is 3. The van der Waals surface area contributed by atoms with Crippen molar-refractivity contribution in [2.75, 3.05) is 6.61 Å². The van der Waals surface area contributed by atoms with Crippen LogP contribution < -0.4 is 5.73 Å². The summed E-state index contributed by atoms with van der Waals surface area (Å²) in [6.07, 6.45) is -9.77. The third kappa shape index (κ3) is 5.62. The Morgan fingerprint density at radius 3 is 2.14 bits per heavy atom. The van der Waals surface area contributed by atoms with E-state index >= 15 is 4.79 Å². The first-order valence-electron chi connectivity index (χ1n) is 17.0. The molecular weight excluding hydrogens is 662 g/mol. The summed E-state index contributed by atoms with van der Waals surface area (Å²) in [4.78, 5) is 55.2. The molecule has 2 saturated carbocycles. The molecule has 1 saturated heterocycles. The molecule has 2 aromatic rings. The summed E-state index contributed by atoms with van der Waals surface area (Å²) >= 11 is 0. The van der Waals surface area contributed by atoms with E-state index in [0.29, 0.717) is 5.56 Å². The van der Waals surface area contributed by atoms with Gasteiger partial charge in [-0.3, -0.25) is 9.59 Å². The Labute approximate surface area is 295 Å². The molecule has 0 spiro atoms. The molecule has 2 bridgehead atoms. The smallest absolute Gasteiger partial charge is 0.338 e. The predicted molar refractivity (Wildman–Crippen MR) is 178 cm³/mol. The van der Waals surface area contributed by atoms with Gasteiger partial charge in [-0.25, -0.2) is 9.59 Å². The minimum atomic E-state index is -2.28. The lowest BCUT2D eigenvalue weighted by Gasteiger charge is -2.66. The van der Waals surface area contributed by atoms with Crippen LogP contribution in [0.1, 0.15) is 69.4 Å². The van der Waals surface area contributed by atoms with Gasteiger partial charge >= 0.3 is 17.9 Å². The van der Waals surface area contributed by atoms with Crippen molar-refractivity contribution in [3.63, 3.8) is 0 Å². The number of ether oxygens (including phenoxy) is 4. The van der Waals surface area contributed by atoms with Crippen molar-refractivity contribution >= 4 is 23.7 Å². The number of hydrogen-bond donors (Lipinski definition) is 5. The summed E-state index contributed by atoms with van der Waals surface area (Å²) in [6.45, 7) is 6.91. The number of nitrogens with two attached hydrogens (primary N) is 1. The minimum absolute atomic E-state index is 0.0581. The SMILES string of the molecule is CC(=O)O[C@H]1C(=O)[C@@]2(C)[C@H]([C@H](OC(=O)c3ccccc3)[C@]3(O)C[C@H](OC(=O)[C@H](O)[C@@H](N)c4ccccc4)C(C)=C1C3(C)C)[C@]1(O)CO[C@@H]1C[C@@H]2O. The van der Waals surface area contributed by atoms with Gasteiger partial charge in [-0.2, -0.15) is 0 Å². The van der Waals surface area contributed by atoms with Gasteiger partial charge in [0.15, 0.2) is 18.0 Å². The molecule has 13 heteroatoms. The van der Waals surface area contributed by atoms with Crippen LogP contribution in [0.5, 0.6) is 0 Å². The Balaban J connectivity index is 1.54. The summed E-state index contributed by atoms with van der Waals surface area (Å²) in [7, 11) is 0. The fourth-order valence-corrected chi connectivity index (χ4v) is 8.83. The van der Waals surface area contributed by atoms with E-state index in [-0.39, 0.29) is 29.7 Å². The molecule has 1 heterocycles. The van der Waals surface area contributed by atoms with Crippen molar-refractivity contribution in [3.8, 4) is 0 Å². The zero-order valence-electron chi connectivity index (χ0n) is 29.1. The van der Waals surface area contributed by atoms with Crippen LogP contribution in [0.25, 0.3) is 0 Å². The Bertz CT molecular complexity index is 1750. The second-order valence-corrected chi connectivity index (χ2v) is 15.0. The number of carbonyl (C=O) groups is 4. The maximum Gasteiger partial charge on any atom is 0.338 e. The summed E-state index contributed by atoms with van der Waals surface area (Å²) in [5.41, 5.74) is -0.611. The number of carbonyl (C=O) groups excluding carboxylic acids is 4. The number of aliphatic hydroxyl groups is 4. The van der Waals surface area contributed by atoms with Gasteiger partial charge in [0.25, 0.3) is 0 Å². The highest BCUT2D eigenvalue weighted by Crippen LogP contribution is 2.63. The van der Waals surface area contributed by atoms with Crippen molar-refractivity contribution in [1.82, 2.24) is 0 Å². The molecule has 6 rings (SSSR count). The van der Waals surface area contributed by atoms with Crippen molar-refractivity contribution < 1.29 is 58.6 Å². The molecule has 274 valence electrons. The fraction of sp³-hybridized carbons (Fsp3) is 0.526. The number of fused-ring (bicyclic) bond motifs is 5. The fourth-order valence-electron chi connectivity index (χ4n) is 8.83. The zero-order valence-corrected chi connectivity index (χ0v) is 29.1. The first kappa shape index (κ1) is 36.8. The average molecular weight is 708 g/mol. The summed E-state index contributed by atoms with van der Waals surface area (Å²) in [5, 5.41) is 48.3. The third-order valence-electron chi connectivity index (χ3n) is 11.9. The predicted octanol–water partition coefficient (Wildman–Crippen LogP) is 1.69. The van der Waals surface area contributed by atoms with Gasteiger partial charge in [0.1, 0.15) is 23.4 Å². The quantitative estimate of drug-likeness (QED) is 0.158. The molecule has 13 nitrogen and oxygen atoms in total. The Kier molecular flexibility index (Phi) is 9.31. The Morgan fingerprint density at radius 1 is 0.961 bits per heavy atom. The average Bonchev–Trinajstić information content (AvgIpc) is 3.09. The molecule has 3 aliphatic carbocycles. The van der Waals surface area contributed by atoms with Crippen molar-refractivity contribution in [2.24, 2.45) is 22.5 Å². The Morgan fingerprint density at radius 2 is 1.57 bits per heavy atom. The molecule has 0 unspecified atom stereocenters. The van der Waals surface area contributed by atoms with Crippen molar-refractivity contribution in [1.29, 1.82) is 0 Å². The molecule has 51 heavy (non-hydrogen) atoms. The van der Waals surface area contributed by atoms with Crippen LogP contribution in [0.3, 0.4) is 0 Å². The minimum Gasteiger partial charge on any atom is -0.456 e. The third-order valence-corrected chi connectivity index (χ3v) is 11.9. The largest absolute Gasteiger partial charge is 0.456 e. The molecule has 4 aliphatic rings. The van der Waals surface area contributed by atoms with Gasteiger partial charge in [0.2, 0.25) is 0 Å². The highest BCUT2D eigenvalue weighted by atomic mass is 16.6. The topological polar surface area (TPSA) is 212 Å². The molecule has 11 atom stereocenters. The number of ketones is 1. The van der Waals surface area contributed by atoms with Gasteiger partial charge in [0, 0.05) is 31.1 Å². The van der Waals surface area contributed by atoms with E-state index in [1.807, 2.05) is 0 Å². The number of benzene rings is 2. The zero-order chi connectivity index (χ0) is 37.3. The lowest BCUT2D eigenvalue weighted by Crippen LogP contribution is -2.81. The van der Waals surface area contributed by atoms with Crippen LogP contribution in [-0.2, 0) is 33.3 Å². The highest BCUT2D eigenvalue weighted by molar-refractivity contribution is 5.95. The second-order valence-electron chi connectivity index (χ2n) is 15.0. The molecule has 6 N–H and O–H groups in total. The number of hydrogen-bond acceptors (Lipinski definition) is 13. The molecule has 3 fully saturated rings. The van der Waals surface area contributed by atoms with E-state index in [0.717, 1.165) is 6.92 Å². The molecule has 0 amide bonds. The normalized spacial score (nSPS) is 36.5. The van der Waals surface area contributed by atoms with Crippen LogP contribution in [0.4, 0.5) is 0 Å². The van der Waals surface area contributed by atoms with E-state index in [9.17, 15) is 34.8 Å². The molecule has 0 radical (unpaired) electrons. The van der Waals surface area contributed by atoms with Gasteiger partial charge < -0.3 is 45.1 Å². The van der Waals surface area contributed by atoms with Gasteiger partial charge in [-0.15, -0.1) is 0 Å². The van der Waals surface area contributed by atoms with Crippen LogP contribution >= 0.6 is 0 Å². The lowest BCUT2D eigenvalue weighted by atomic mass is 9.44. The monoisotopic (exact) mass is 707 g/mol. The van der Waals surface area contributed by atoms with E-state index in [2.05, 4.69) is 0 Å². The molecule has 0 aromatic heterocycles. The summed E-state index contributed by atoms with van der Waals surface area (Å²) in [5.74, 6) is -5.19. The van der Waals surface area contributed by atoms with Gasteiger partial charge in [0.05, 0.1) is 35.8 Å². The van der Waals surface area contributed by atoms with E-state index in [4.69, 9.17) is 24.7 Å². The maximum absolute atomic E-state index is 15.0.